The minimum Gasteiger partial charge on any atom is -0.507 e. The van der Waals surface area contributed by atoms with Crippen LogP contribution in [0.25, 0.3) is 22.3 Å². The molecule has 32 heavy (non-hydrogen) atoms. The number of rotatable bonds is 6. The van der Waals surface area contributed by atoms with E-state index in [2.05, 4.69) is 30.7 Å². The van der Waals surface area contributed by atoms with E-state index in [-0.39, 0.29) is 17.1 Å². The summed E-state index contributed by atoms with van der Waals surface area (Å²) in [4.78, 5) is 16.4. The van der Waals surface area contributed by atoms with E-state index in [1.807, 2.05) is 25.1 Å². The van der Waals surface area contributed by atoms with Gasteiger partial charge in [-0.3, -0.25) is 4.99 Å². The van der Waals surface area contributed by atoms with Crippen molar-refractivity contribution >= 4 is 22.4 Å². The fourth-order valence-corrected chi connectivity index (χ4v) is 4.42. The largest absolute Gasteiger partial charge is 0.507 e. The van der Waals surface area contributed by atoms with Gasteiger partial charge >= 0.3 is 0 Å². The molecule has 1 N–H and O–H groups in total. The Balaban J connectivity index is 1.68. The molecule has 2 aromatic carbocycles. The number of halogens is 1. The Labute approximate surface area is 189 Å². The van der Waals surface area contributed by atoms with Gasteiger partial charge in [-0.25, -0.2) is 14.4 Å². The maximum absolute atomic E-state index is 14.6. The number of fused-ring (bicyclic) bond motifs is 1. The SMILES string of the molecule is CC(CC(C)C)=NCC1CCN(c2nc(-c3c(O)cccc3F)nc3cc(C)ccc23)C1. The van der Waals surface area contributed by atoms with E-state index in [1.54, 1.807) is 0 Å². The number of nitrogens with zero attached hydrogens (tertiary/aromatic N) is 4. The Bertz CT molecular complexity index is 1140. The highest BCUT2D eigenvalue weighted by Crippen LogP contribution is 2.35. The molecule has 1 atom stereocenters. The van der Waals surface area contributed by atoms with Crippen molar-refractivity contribution in [2.24, 2.45) is 16.8 Å². The quantitative estimate of drug-likeness (QED) is 0.499. The molecule has 1 aromatic heterocycles. The van der Waals surface area contributed by atoms with E-state index in [0.717, 1.165) is 54.8 Å². The van der Waals surface area contributed by atoms with Gasteiger partial charge in [0, 0.05) is 30.7 Å². The van der Waals surface area contributed by atoms with Crippen LogP contribution in [0.15, 0.2) is 41.4 Å². The first-order chi connectivity index (χ1) is 15.3. The Hall–Kier alpha value is -3.02. The third-order valence-corrected chi connectivity index (χ3v) is 5.96. The predicted molar refractivity (Wildman–Crippen MR) is 129 cm³/mol. The van der Waals surface area contributed by atoms with Gasteiger partial charge in [-0.2, -0.15) is 0 Å². The molecule has 1 aliphatic rings. The Kier molecular flexibility index (Phi) is 6.40. The summed E-state index contributed by atoms with van der Waals surface area (Å²) in [7, 11) is 0. The van der Waals surface area contributed by atoms with Gasteiger partial charge in [0.15, 0.2) is 5.82 Å². The van der Waals surface area contributed by atoms with Crippen LogP contribution >= 0.6 is 0 Å². The second-order valence-electron chi connectivity index (χ2n) is 9.30. The molecule has 1 saturated heterocycles. The summed E-state index contributed by atoms with van der Waals surface area (Å²) in [5, 5.41) is 11.2. The Morgan fingerprint density at radius 2 is 2.06 bits per heavy atom. The van der Waals surface area contributed by atoms with Crippen molar-refractivity contribution in [3.63, 3.8) is 0 Å². The molecule has 5 nitrogen and oxygen atoms in total. The lowest BCUT2D eigenvalue weighted by atomic mass is 10.1. The van der Waals surface area contributed by atoms with Gasteiger partial charge in [0.2, 0.25) is 0 Å². The highest BCUT2D eigenvalue weighted by Gasteiger charge is 2.26. The van der Waals surface area contributed by atoms with Crippen LogP contribution in [-0.4, -0.2) is 40.4 Å². The first-order valence-corrected chi connectivity index (χ1v) is 11.3. The number of hydrogen-bond donors (Lipinski definition) is 1. The maximum Gasteiger partial charge on any atom is 0.168 e. The average molecular weight is 435 g/mol. The topological polar surface area (TPSA) is 61.6 Å². The van der Waals surface area contributed by atoms with Gasteiger partial charge in [-0.15, -0.1) is 0 Å². The smallest absolute Gasteiger partial charge is 0.168 e. The van der Waals surface area contributed by atoms with E-state index in [1.165, 1.54) is 23.9 Å². The summed E-state index contributed by atoms with van der Waals surface area (Å²) in [6.07, 6.45) is 2.07. The minimum absolute atomic E-state index is 0.0433. The molecule has 0 aliphatic carbocycles. The molecule has 2 heterocycles. The highest BCUT2D eigenvalue weighted by molar-refractivity contribution is 5.92. The zero-order valence-corrected chi connectivity index (χ0v) is 19.3. The molecule has 1 aliphatic heterocycles. The van der Waals surface area contributed by atoms with Gasteiger partial charge in [0.1, 0.15) is 17.4 Å². The number of anilines is 1. The monoisotopic (exact) mass is 434 g/mol. The fourth-order valence-electron chi connectivity index (χ4n) is 4.42. The van der Waals surface area contributed by atoms with Gasteiger partial charge in [0.05, 0.1) is 11.1 Å². The van der Waals surface area contributed by atoms with Crippen molar-refractivity contribution in [1.29, 1.82) is 0 Å². The lowest BCUT2D eigenvalue weighted by Crippen LogP contribution is -2.22. The number of aromatic hydroxyl groups is 1. The van der Waals surface area contributed by atoms with Crippen LogP contribution in [0.3, 0.4) is 0 Å². The zero-order chi connectivity index (χ0) is 22.8. The molecule has 3 aromatic rings. The van der Waals surface area contributed by atoms with Gasteiger partial charge in [-0.05, 0) is 68.4 Å². The van der Waals surface area contributed by atoms with Crippen molar-refractivity contribution in [3.8, 4) is 17.1 Å². The molecule has 6 heteroatoms. The number of benzene rings is 2. The van der Waals surface area contributed by atoms with Crippen LogP contribution in [0.4, 0.5) is 10.2 Å². The van der Waals surface area contributed by atoms with Crippen molar-refractivity contribution in [3.05, 3.63) is 47.8 Å². The van der Waals surface area contributed by atoms with Crippen LogP contribution in [-0.2, 0) is 0 Å². The zero-order valence-electron chi connectivity index (χ0n) is 19.3. The number of aromatic nitrogens is 2. The molecule has 0 saturated carbocycles. The average Bonchev–Trinajstić information content (AvgIpc) is 3.20. The first-order valence-electron chi connectivity index (χ1n) is 11.3. The van der Waals surface area contributed by atoms with Gasteiger partial charge < -0.3 is 10.0 Å². The molecule has 0 bridgehead atoms. The van der Waals surface area contributed by atoms with Crippen molar-refractivity contribution in [2.75, 3.05) is 24.5 Å². The molecule has 168 valence electrons. The second kappa shape index (κ2) is 9.23. The Morgan fingerprint density at radius 3 is 2.81 bits per heavy atom. The first kappa shape index (κ1) is 22.2. The summed E-state index contributed by atoms with van der Waals surface area (Å²) in [5.74, 6) is 1.39. The maximum atomic E-state index is 14.6. The molecular weight excluding hydrogens is 403 g/mol. The molecule has 0 amide bonds. The van der Waals surface area contributed by atoms with Crippen LogP contribution in [0.5, 0.6) is 5.75 Å². The third kappa shape index (κ3) is 4.74. The van der Waals surface area contributed by atoms with Crippen LogP contribution < -0.4 is 4.90 Å². The molecular formula is C26H31FN4O. The van der Waals surface area contributed by atoms with Crippen LogP contribution in [0, 0.1) is 24.6 Å². The van der Waals surface area contributed by atoms with E-state index in [4.69, 9.17) is 9.98 Å². The summed E-state index contributed by atoms with van der Waals surface area (Å²) in [6.45, 7) is 11.1. The number of aliphatic imine (C=N–C) groups is 1. The molecule has 4 rings (SSSR count). The van der Waals surface area contributed by atoms with E-state index < -0.39 is 5.82 Å². The highest BCUT2D eigenvalue weighted by atomic mass is 19.1. The predicted octanol–water partition coefficient (Wildman–Crippen LogP) is 5.78. The second-order valence-corrected chi connectivity index (χ2v) is 9.30. The molecule has 1 fully saturated rings. The summed E-state index contributed by atoms with van der Waals surface area (Å²) in [6, 6.07) is 10.3. The van der Waals surface area contributed by atoms with Crippen molar-refractivity contribution < 1.29 is 9.50 Å². The minimum atomic E-state index is -0.530. The van der Waals surface area contributed by atoms with Crippen molar-refractivity contribution in [1.82, 2.24) is 9.97 Å². The standard InChI is InChI=1S/C26H31FN4O/c1-16(2)12-18(4)28-14-19-10-11-31(15-19)26-20-9-8-17(3)13-22(20)29-25(30-26)24-21(27)6-5-7-23(24)32/h5-9,13,16,19,32H,10-12,14-15H2,1-4H3. The number of aryl methyl sites for hydroxylation is 1. The molecule has 0 radical (unpaired) electrons. The van der Waals surface area contributed by atoms with Crippen molar-refractivity contribution in [2.45, 2.75) is 40.5 Å². The molecule has 1 unspecified atom stereocenters. The van der Waals surface area contributed by atoms with Crippen LogP contribution in [0.1, 0.15) is 39.2 Å². The number of hydrogen-bond acceptors (Lipinski definition) is 5. The lowest BCUT2D eigenvalue weighted by molar-refractivity contribution is 0.471. The van der Waals surface area contributed by atoms with Gasteiger partial charge in [0.25, 0.3) is 0 Å². The lowest BCUT2D eigenvalue weighted by Gasteiger charge is -2.20. The fraction of sp³-hybridized carbons (Fsp3) is 0.423. The van der Waals surface area contributed by atoms with Crippen LogP contribution in [0.2, 0.25) is 0 Å². The summed E-state index contributed by atoms with van der Waals surface area (Å²) in [5.41, 5.74) is 3.07. The third-order valence-electron chi connectivity index (χ3n) is 5.96. The Morgan fingerprint density at radius 1 is 1.25 bits per heavy atom. The summed E-state index contributed by atoms with van der Waals surface area (Å²) >= 11 is 0. The van der Waals surface area contributed by atoms with E-state index in [0.29, 0.717) is 11.8 Å². The number of phenolic OH excluding ortho intramolecular Hbond substituents is 1. The van der Waals surface area contributed by atoms with E-state index in [9.17, 15) is 9.50 Å². The van der Waals surface area contributed by atoms with E-state index >= 15 is 0 Å². The summed E-state index contributed by atoms with van der Waals surface area (Å²) < 4.78 is 14.6. The normalized spacial score (nSPS) is 17.0. The molecule has 0 spiro atoms. The van der Waals surface area contributed by atoms with Gasteiger partial charge in [-0.1, -0.05) is 26.0 Å². The number of phenols is 1.